The number of fused-ring (bicyclic) bond motifs is 1. The van der Waals surface area contributed by atoms with E-state index in [1.54, 1.807) is 7.05 Å². The topological polar surface area (TPSA) is 64.3 Å². The molecule has 90 valence electrons. The lowest BCUT2D eigenvalue weighted by Crippen LogP contribution is -2.11. The average molecular weight is 250 g/mol. The van der Waals surface area contributed by atoms with Gasteiger partial charge in [-0.3, -0.25) is 4.79 Å². The first-order valence-electron chi connectivity index (χ1n) is 5.34. The molecular formula is C12H14N2O2S. The normalized spacial score (nSPS) is 10.5. The van der Waals surface area contributed by atoms with Crippen LogP contribution in [0.5, 0.6) is 5.75 Å². The number of primary amides is 1. The van der Waals surface area contributed by atoms with Crippen molar-refractivity contribution >= 4 is 32.3 Å². The van der Waals surface area contributed by atoms with Gasteiger partial charge in [0.15, 0.2) is 0 Å². The van der Waals surface area contributed by atoms with Gasteiger partial charge in [0.1, 0.15) is 10.8 Å². The summed E-state index contributed by atoms with van der Waals surface area (Å²) >= 11 is 1.50. The minimum absolute atomic E-state index is 0.412. The van der Waals surface area contributed by atoms with E-state index in [1.165, 1.54) is 11.3 Å². The van der Waals surface area contributed by atoms with Gasteiger partial charge in [0.05, 0.1) is 12.2 Å². The third-order valence-electron chi connectivity index (χ3n) is 2.45. The maximum atomic E-state index is 11.4. The van der Waals surface area contributed by atoms with Crippen molar-refractivity contribution in [1.29, 1.82) is 0 Å². The second kappa shape index (κ2) is 4.63. The summed E-state index contributed by atoms with van der Waals surface area (Å²) in [5, 5.41) is 4.66. The second-order valence-corrected chi connectivity index (χ2v) is 4.56. The zero-order valence-corrected chi connectivity index (χ0v) is 10.6. The number of nitrogens with one attached hydrogen (secondary N) is 1. The predicted molar refractivity (Wildman–Crippen MR) is 71.1 cm³/mol. The first-order chi connectivity index (χ1) is 8.17. The van der Waals surface area contributed by atoms with Gasteiger partial charge in [-0.2, -0.15) is 0 Å². The average Bonchev–Trinajstić information content (AvgIpc) is 2.67. The van der Waals surface area contributed by atoms with Crippen molar-refractivity contribution < 1.29 is 9.53 Å². The zero-order chi connectivity index (χ0) is 12.4. The molecule has 1 amide bonds. The number of rotatable bonds is 4. The van der Waals surface area contributed by atoms with Crippen molar-refractivity contribution in [3.05, 3.63) is 23.8 Å². The fourth-order valence-corrected chi connectivity index (χ4v) is 2.84. The molecule has 2 aromatic rings. The molecule has 0 unspecified atom stereocenters. The van der Waals surface area contributed by atoms with E-state index in [4.69, 9.17) is 10.5 Å². The van der Waals surface area contributed by atoms with Gasteiger partial charge in [-0.15, -0.1) is 11.3 Å². The first-order valence-corrected chi connectivity index (χ1v) is 6.16. The molecule has 1 aromatic heterocycles. The molecular weight excluding hydrogens is 236 g/mol. The summed E-state index contributed by atoms with van der Waals surface area (Å²) in [5.74, 6) is 0.393. The fraction of sp³-hybridized carbons (Fsp3) is 0.250. The summed E-state index contributed by atoms with van der Waals surface area (Å²) in [7, 11) is 1.78. The van der Waals surface area contributed by atoms with E-state index in [-0.39, 0.29) is 0 Å². The maximum absolute atomic E-state index is 11.4. The van der Waals surface area contributed by atoms with Gasteiger partial charge in [0.25, 0.3) is 5.91 Å². The Bertz CT molecular complexity index is 563. The highest BCUT2D eigenvalue weighted by Gasteiger charge is 2.16. The highest BCUT2D eigenvalue weighted by atomic mass is 32.1. The summed E-state index contributed by atoms with van der Waals surface area (Å²) < 4.78 is 6.42. The number of ether oxygens (including phenoxy) is 1. The molecule has 0 atom stereocenters. The molecule has 0 aliphatic rings. The van der Waals surface area contributed by atoms with Crippen LogP contribution in [0.1, 0.15) is 17.3 Å². The van der Waals surface area contributed by atoms with Crippen molar-refractivity contribution in [1.82, 2.24) is 0 Å². The van der Waals surface area contributed by atoms with Crippen LogP contribution >= 0.6 is 11.3 Å². The number of hydrogen-bond donors (Lipinski definition) is 2. The van der Waals surface area contributed by atoms with Crippen LogP contribution in [0.25, 0.3) is 10.1 Å². The van der Waals surface area contributed by atoms with Crippen LogP contribution in [0, 0.1) is 0 Å². The molecule has 1 heterocycles. The van der Waals surface area contributed by atoms with Crippen molar-refractivity contribution in [3.63, 3.8) is 0 Å². The third kappa shape index (κ3) is 2.06. The Morgan fingerprint density at radius 2 is 2.29 bits per heavy atom. The summed E-state index contributed by atoms with van der Waals surface area (Å²) in [6.45, 7) is 2.56. The van der Waals surface area contributed by atoms with Crippen LogP contribution in [-0.4, -0.2) is 19.6 Å². The Kier molecular flexibility index (Phi) is 3.19. The SMILES string of the molecule is CCOc1ccc2c(C(N)=O)c(NC)sc2c1. The van der Waals surface area contributed by atoms with E-state index in [9.17, 15) is 4.79 Å². The first kappa shape index (κ1) is 11.7. The highest BCUT2D eigenvalue weighted by Crippen LogP contribution is 2.37. The Labute approximate surface area is 103 Å². The number of nitrogens with two attached hydrogens (primary N) is 1. The van der Waals surface area contributed by atoms with Crippen LogP contribution in [-0.2, 0) is 0 Å². The molecule has 0 aliphatic carbocycles. The molecule has 0 aliphatic heterocycles. The molecule has 0 spiro atoms. The van der Waals surface area contributed by atoms with Gasteiger partial charge < -0.3 is 15.8 Å². The Morgan fingerprint density at radius 1 is 1.53 bits per heavy atom. The molecule has 5 heteroatoms. The number of amides is 1. The standard InChI is InChI=1S/C12H14N2O2S/c1-3-16-7-4-5-8-9(6-7)17-12(14-2)10(8)11(13)15/h4-6,14H,3H2,1-2H3,(H2,13,15). The molecule has 0 bridgehead atoms. The van der Waals surface area contributed by atoms with Gasteiger partial charge in [-0.25, -0.2) is 0 Å². The van der Waals surface area contributed by atoms with Crippen molar-refractivity contribution in [3.8, 4) is 5.75 Å². The molecule has 17 heavy (non-hydrogen) atoms. The lowest BCUT2D eigenvalue weighted by Gasteiger charge is -2.02. The lowest BCUT2D eigenvalue weighted by atomic mass is 10.1. The van der Waals surface area contributed by atoms with Crippen LogP contribution < -0.4 is 15.8 Å². The smallest absolute Gasteiger partial charge is 0.252 e. The van der Waals surface area contributed by atoms with Crippen LogP contribution in [0.15, 0.2) is 18.2 Å². The minimum atomic E-state index is -0.412. The highest BCUT2D eigenvalue weighted by molar-refractivity contribution is 7.23. The number of thiophene rings is 1. The summed E-state index contributed by atoms with van der Waals surface area (Å²) in [6, 6.07) is 5.65. The van der Waals surface area contributed by atoms with E-state index in [0.717, 1.165) is 20.8 Å². The van der Waals surface area contributed by atoms with Gasteiger partial charge in [-0.05, 0) is 25.1 Å². The lowest BCUT2D eigenvalue weighted by molar-refractivity contribution is 0.100. The van der Waals surface area contributed by atoms with Gasteiger partial charge >= 0.3 is 0 Å². The van der Waals surface area contributed by atoms with E-state index in [2.05, 4.69) is 5.32 Å². The van der Waals surface area contributed by atoms with Gasteiger partial charge in [0, 0.05) is 17.1 Å². The largest absolute Gasteiger partial charge is 0.494 e. The summed E-state index contributed by atoms with van der Waals surface area (Å²) in [5.41, 5.74) is 5.95. The number of carbonyl (C=O) groups excluding carboxylic acids is 1. The maximum Gasteiger partial charge on any atom is 0.252 e. The number of carbonyl (C=O) groups is 1. The van der Waals surface area contributed by atoms with Crippen molar-refractivity contribution in [2.75, 3.05) is 19.0 Å². The molecule has 0 saturated carbocycles. The minimum Gasteiger partial charge on any atom is -0.494 e. The summed E-state index contributed by atoms with van der Waals surface area (Å²) in [6.07, 6.45) is 0. The number of benzene rings is 1. The van der Waals surface area contributed by atoms with E-state index in [1.807, 2.05) is 25.1 Å². The number of hydrogen-bond acceptors (Lipinski definition) is 4. The van der Waals surface area contributed by atoms with Gasteiger partial charge in [-0.1, -0.05) is 0 Å². The fourth-order valence-electron chi connectivity index (χ4n) is 1.75. The van der Waals surface area contributed by atoms with E-state index < -0.39 is 5.91 Å². The van der Waals surface area contributed by atoms with Gasteiger partial charge in [0.2, 0.25) is 0 Å². The second-order valence-electron chi connectivity index (χ2n) is 3.51. The summed E-state index contributed by atoms with van der Waals surface area (Å²) in [4.78, 5) is 11.4. The van der Waals surface area contributed by atoms with E-state index in [0.29, 0.717) is 12.2 Å². The monoisotopic (exact) mass is 250 g/mol. The van der Waals surface area contributed by atoms with E-state index >= 15 is 0 Å². The molecule has 0 saturated heterocycles. The molecule has 1 aromatic carbocycles. The molecule has 3 N–H and O–H groups in total. The Morgan fingerprint density at radius 3 is 2.88 bits per heavy atom. The van der Waals surface area contributed by atoms with Crippen molar-refractivity contribution in [2.24, 2.45) is 5.73 Å². The Balaban J connectivity index is 2.61. The number of anilines is 1. The predicted octanol–water partition coefficient (Wildman–Crippen LogP) is 2.44. The Hall–Kier alpha value is -1.75. The molecule has 2 rings (SSSR count). The van der Waals surface area contributed by atoms with Crippen LogP contribution in [0.2, 0.25) is 0 Å². The van der Waals surface area contributed by atoms with Crippen molar-refractivity contribution in [2.45, 2.75) is 6.92 Å². The molecule has 4 nitrogen and oxygen atoms in total. The van der Waals surface area contributed by atoms with Crippen LogP contribution in [0.4, 0.5) is 5.00 Å². The third-order valence-corrected chi connectivity index (χ3v) is 3.62. The molecule has 0 fully saturated rings. The zero-order valence-electron chi connectivity index (χ0n) is 9.74. The molecule has 0 radical (unpaired) electrons. The quantitative estimate of drug-likeness (QED) is 0.876. The van der Waals surface area contributed by atoms with Crippen LogP contribution in [0.3, 0.4) is 0 Å².